The third-order valence-corrected chi connectivity index (χ3v) is 2.26. The minimum atomic E-state index is 0.772. The topological polar surface area (TPSA) is 26.0 Å². The lowest BCUT2D eigenvalue weighted by atomic mass is 9.99. The first kappa shape index (κ1) is 9.11. The lowest BCUT2D eigenvalue weighted by molar-refractivity contribution is 0.560. The molecule has 1 aromatic rings. The van der Waals surface area contributed by atoms with E-state index in [-0.39, 0.29) is 0 Å². The highest BCUT2D eigenvalue weighted by Gasteiger charge is 1.99. The molecule has 0 aromatic heterocycles. The van der Waals surface area contributed by atoms with Gasteiger partial charge in [0.25, 0.3) is 0 Å². The molecule has 1 unspecified atom stereocenters. The predicted octanol–water partition coefficient (Wildman–Crippen LogP) is 2.86. The second-order valence-corrected chi connectivity index (χ2v) is 3.46. The molecule has 1 nitrogen and oxygen atoms in total. The summed E-state index contributed by atoms with van der Waals surface area (Å²) in [5, 5.41) is 0. The van der Waals surface area contributed by atoms with Crippen LogP contribution < -0.4 is 5.73 Å². The predicted molar refractivity (Wildman–Crippen MR) is 54.0 cm³/mol. The highest BCUT2D eigenvalue weighted by molar-refractivity contribution is 5.39. The smallest absolute Gasteiger partial charge is 0.0314 e. The Bertz CT molecular complexity index is 225. The average molecular weight is 163 g/mol. The molecular formula is C11H17N. The number of nitrogens with two attached hydrogens (primary N) is 1. The molecule has 1 rings (SSSR count). The molecule has 0 saturated carbocycles. The van der Waals surface area contributed by atoms with Gasteiger partial charge in [-0.15, -0.1) is 0 Å². The lowest BCUT2D eigenvalue weighted by Crippen LogP contribution is -1.97. The first-order valence-electron chi connectivity index (χ1n) is 4.56. The van der Waals surface area contributed by atoms with Crippen LogP contribution in [0.4, 0.5) is 5.69 Å². The van der Waals surface area contributed by atoms with Gasteiger partial charge in [0.1, 0.15) is 0 Å². The first-order valence-corrected chi connectivity index (χ1v) is 4.56. The van der Waals surface area contributed by atoms with Crippen molar-refractivity contribution in [2.24, 2.45) is 5.92 Å². The molecule has 0 aliphatic carbocycles. The van der Waals surface area contributed by atoms with Gasteiger partial charge < -0.3 is 5.73 Å². The zero-order chi connectivity index (χ0) is 8.97. The zero-order valence-electron chi connectivity index (χ0n) is 7.88. The van der Waals surface area contributed by atoms with Crippen molar-refractivity contribution in [3.05, 3.63) is 29.8 Å². The molecule has 0 saturated heterocycles. The second-order valence-electron chi connectivity index (χ2n) is 3.46. The van der Waals surface area contributed by atoms with E-state index < -0.39 is 0 Å². The van der Waals surface area contributed by atoms with Gasteiger partial charge in [-0.1, -0.05) is 32.4 Å². The molecular weight excluding hydrogens is 146 g/mol. The molecule has 1 heteroatoms. The van der Waals surface area contributed by atoms with Gasteiger partial charge in [0.05, 0.1) is 0 Å². The SMILES string of the molecule is CCC(C)Cc1ccc(N)cc1. The molecule has 0 heterocycles. The Morgan fingerprint density at radius 1 is 1.25 bits per heavy atom. The maximum absolute atomic E-state index is 5.59. The summed E-state index contributed by atoms with van der Waals surface area (Å²) >= 11 is 0. The Morgan fingerprint density at radius 2 is 1.83 bits per heavy atom. The van der Waals surface area contributed by atoms with E-state index >= 15 is 0 Å². The van der Waals surface area contributed by atoms with Crippen molar-refractivity contribution < 1.29 is 0 Å². The van der Waals surface area contributed by atoms with E-state index in [4.69, 9.17) is 5.73 Å². The summed E-state index contributed by atoms with van der Waals surface area (Å²) in [5.41, 5.74) is 7.83. The Labute approximate surface area is 74.6 Å². The Morgan fingerprint density at radius 3 is 2.33 bits per heavy atom. The van der Waals surface area contributed by atoms with Crippen molar-refractivity contribution in [2.75, 3.05) is 5.73 Å². The summed E-state index contributed by atoms with van der Waals surface area (Å²) in [7, 11) is 0. The normalized spacial score (nSPS) is 12.8. The maximum Gasteiger partial charge on any atom is 0.0314 e. The highest BCUT2D eigenvalue weighted by atomic mass is 14.5. The highest BCUT2D eigenvalue weighted by Crippen LogP contribution is 2.12. The minimum absolute atomic E-state index is 0.772. The molecule has 66 valence electrons. The Kier molecular flexibility index (Phi) is 3.15. The van der Waals surface area contributed by atoms with E-state index in [1.54, 1.807) is 0 Å². The van der Waals surface area contributed by atoms with Gasteiger partial charge in [-0.05, 0) is 30.0 Å². The number of hydrogen-bond acceptors (Lipinski definition) is 1. The van der Waals surface area contributed by atoms with Gasteiger partial charge >= 0.3 is 0 Å². The number of rotatable bonds is 3. The monoisotopic (exact) mass is 163 g/mol. The summed E-state index contributed by atoms with van der Waals surface area (Å²) in [6.45, 7) is 4.50. The van der Waals surface area contributed by atoms with Crippen molar-refractivity contribution in [3.8, 4) is 0 Å². The third kappa shape index (κ3) is 2.57. The van der Waals surface area contributed by atoms with Crippen LogP contribution in [-0.2, 0) is 6.42 Å². The molecule has 0 fully saturated rings. The second kappa shape index (κ2) is 4.15. The fourth-order valence-electron chi connectivity index (χ4n) is 1.20. The summed E-state index contributed by atoms with van der Waals surface area (Å²) in [4.78, 5) is 0. The fraction of sp³-hybridized carbons (Fsp3) is 0.455. The number of nitrogen functional groups attached to an aromatic ring is 1. The van der Waals surface area contributed by atoms with Gasteiger partial charge in [0, 0.05) is 5.69 Å². The van der Waals surface area contributed by atoms with Gasteiger partial charge in [-0.2, -0.15) is 0 Å². The molecule has 12 heavy (non-hydrogen) atoms. The van der Waals surface area contributed by atoms with E-state index in [1.165, 1.54) is 12.0 Å². The van der Waals surface area contributed by atoms with Crippen LogP contribution in [0.25, 0.3) is 0 Å². The Balaban J connectivity index is 2.58. The van der Waals surface area contributed by atoms with Gasteiger partial charge in [-0.3, -0.25) is 0 Å². The van der Waals surface area contributed by atoms with E-state index in [0.29, 0.717) is 0 Å². The molecule has 0 bridgehead atoms. The van der Waals surface area contributed by atoms with Gasteiger partial charge in [0.15, 0.2) is 0 Å². The van der Waals surface area contributed by atoms with Crippen LogP contribution in [0, 0.1) is 5.92 Å². The summed E-state index contributed by atoms with van der Waals surface area (Å²) < 4.78 is 0. The number of anilines is 1. The van der Waals surface area contributed by atoms with Crippen LogP contribution in [-0.4, -0.2) is 0 Å². The quantitative estimate of drug-likeness (QED) is 0.681. The lowest BCUT2D eigenvalue weighted by Gasteiger charge is -2.07. The van der Waals surface area contributed by atoms with E-state index in [0.717, 1.165) is 18.0 Å². The summed E-state index contributed by atoms with van der Waals surface area (Å²) in [5.74, 6) is 0.772. The maximum atomic E-state index is 5.59. The molecule has 1 atom stereocenters. The van der Waals surface area contributed by atoms with Gasteiger partial charge in [0.2, 0.25) is 0 Å². The van der Waals surface area contributed by atoms with E-state index in [1.807, 2.05) is 12.1 Å². The number of benzene rings is 1. The van der Waals surface area contributed by atoms with E-state index in [2.05, 4.69) is 26.0 Å². The molecule has 1 aromatic carbocycles. The molecule has 2 N–H and O–H groups in total. The standard InChI is InChI=1S/C11H17N/c1-3-9(2)8-10-4-6-11(12)7-5-10/h4-7,9H,3,8,12H2,1-2H3. The van der Waals surface area contributed by atoms with Crippen LogP contribution in [0.3, 0.4) is 0 Å². The molecule has 0 aliphatic rings. The van der Waals surface area contributed by atoms with Crippen LogP contribution in [0.15, 0.2) is 24.3 Å². The van der Waals surface area contributed by atoms with Crippen LogP contribution in [0.2, 0.25) is 0 Å². The van der Waals surface area contributed by atoms with Crippen molar-refractivity contribution in [1.82, 2.24) is 0 Å². The van der Waals surface area contributed by atoms with Crippen LogP contribution >= 0.6 is 0 Å². The van der Waals surface area contributed by atoms with Crippen LogP contribution in [0.1, 0.15) is 25.8 Å². The molecule has 0 spiro atoms. The zero-order valence-corrected chi connectivity index (χ0v) is 7.88. The fourth-order valence-corrected chi connectivity index (χ4v) is 1.20. The third-order valence-electron chi connectivity index (χ3n) is 2.26. The summed E-state index contributed by atoms with van der Waals surface area (Å²) in [6.07, 6.45) is 2.40. The Hall–Kier alpha value is -0.980. The van der Waals surface area contributed by atoms with E-state index in [9.17, 15) is 0 Å². The van der Waals surface area contributed by atoms with Crippen molar-refractivity contribution in [1.29, 1.82) is 0 Å². The molecule has 0 radical (unpaired) electrons. The van der Waals surface area contributed by atoms with Crippen molar-refractivity contribution >= 4 is 5.69 Å². The van der Waals surface area contributed by atoms with Crippen LogP contribution in [0.5, 0.6) is 0 Å². The number of hydrogen-bond donors (Lipinski definition) is 1. The molecule has 0 aliphatic heterocycles. The minimum Gasteiger partial charge on any atom is -0.399 e. The largest absolute Gasteiger partial charge is 0.399 e. The van der Waals surface area contributed by atoms with Crippen molar-refractivity contribution in [3.63, 3.8) is 0 Å². The molecule has 0 amide bonds. The van der Waals surface area contributed by atoms with Crippen molar-refractivity contribution in [2.45, 2.75) is 26.7 Å². The average Bonchev–Trinajstić information content (AvgIpc) is 2.09. The first-order chi connectivity index (χ1) is 5.72. The van der Waals surface area contributed by atoms with Gasteiger partial charge in [-0.25, -0.2) is 0 Å². The summed E-state index contributed by atoms with van der Waals surface area (Å²) in [6, 6.07) is 8.17.